The van der Waals surface area contributed by atoms with E-state index in [4.69, 9.17) is 0 Å². The maximum absolute atomic E-state index is 13.1. The largest absolute Gasteiger partial charge is 0.325 e. The molecule has 1 N–H and O–H groups in total. The topological polar surface area (TPSA) is 69.7 Å². The van der Waals surface area contributed by atoms with Crippen LogP contribution in [0.5, 0.6) is 0 Å². The second-order valence-corrected chi connectivity index (χ2v) is 7.82. The summed E-state index contributed by atoms with van der Waals surface area (Å²) < 4.78 is 0. The molecule has 0 saturated carbocycles. The number of benzene rings is 2. The lowest BCUT2D eigenvalue weighted by molar-refractivity contribution is -0.134. The molecule has 6 nitrogen and oxygen atoms in total. The van der Waals surface area contributed by atoms with Crippen molar-refractivity contribution >= 4 is 23.5 Å². The van der Waals surface area contributed by atoms with Crippen LogP contribution in [0.15, 0.2) is 48.5 Å². The number of rotatable bonds is 5. The monoisotopic (exact) mass is 391 g/mol. The van der Waals surface area contributed by atoms with Crippen LogP contribution in [0.25, 0.3) is 0 Å². The van der Waals surface area contributed by atoms with Gasteiger partial charge in [0.2, 0.25) is 5.91 Å². The van der Waals surface area contributed by atoms with Crippen molar-refractivity contribution in [3.8, 4) is 0 Å². The molecular weight excluding hydrogens is 366 g/mol. The second kappa shape index (κ2) is 7.35. The number of para-hydroxylation sites is 1. The SMILES string of the molecule is CCCc1ccc([C@@]2(C)NC(=O)N(CC(=O)N3CCc4ccccc43)C2=O)cc1. The van der Waals surface area contributed by atoms with E-state index in [0.29, 0.717) is 6.54 Å². The van der Waals surface area contributed by atoms with Crippen molar-refractivity contribution in [1.82, 2.24) is 10.2 Å². The van der Waals surface area contributed by atoms with E-state index in [1.807, 2.05) is 48.5 Å². The summed E-state index contributed by atoms with van der Waals surface area (Å²) in [6.07, 6.45) is 2.79. The van der Waals surface area contributed by atoms with Gasteiger partial charge in [0.05, 0.1) is 0 Å². The fourth-order valence-electron chi connectivity index (χ4n) is 4.15. The van der Waals surface area contributed by atoms with Crippen LogP contribution in [0.3, 0.4) is 0 Å². The van der Waals surface area contributed by atoms with Gasteiger partial charge in [-0.05, 0) is 42.5 Å². The van der Waals surface area contributed by atoms with Crippen LogP contribution in [-0.2, 0) is 28.0 Å². The third-order valence-corrected chi connectivity index (χ3v) is 5.83. The lowest BCUT2D eigenvalue weighted by Gasteiger charge is -2.23. The number of urea groups is 1. The molecule has 2 heterocycles. The molecule has 1 fully saturated rings. The zero-order valence-electron chi connectivity index (χ0n) is 16.8. The van der Waals surface area contributed by atoms with Gasteiger partial charge in [-0.2, -0.15) is 0 Å². The molecule has 29 heavy (non-hydrogen) atoms. The van der Waals surface area contributed by atoms with Crippen molar-refractivity contribution in [2.24, 2.45) is 0 Å². The first-order valence-electron chi connectivity index (χ1n) is 10.1. The molecular formula is C23H25N3O3. The fourth-order valence-corrected chi connectivity index (χ4v) is 4.15. The van der Waals surface area contributed by atoms with E-state index in [1.54, 1.807) is 11.8 Å². The van der Waals surface area contributed by atoms with Crippen molar-refractivity contribution in [1.29, 1.82) is 0 Å². The number of carbonyl (C=O) groups is 3. The first-order chi connectivity index (χ1) is 13.9. The van der Waals surface area contributed by atoms with E-state index in [9.17, 15) is 14.4 Å². The maximum Gasteiger partial charge on any atom is 0.325 e. The number of aryl methyl sites for hydroxylation is 1. The van der Waals surface area contributed by atoms with Crippen LogP contribution in [0, 0.1) is 0 Å². The van der Waals surface area contributed by atoms with Gasteiger partial charge in [0.25, 0.3) is 5.91 Å². The molecule has 2 aliphatic heterocycles. The Bertz CT molecular complexity index is 970. The van der Waals surface area contributed by atoms with E-state index in [1.165, 1.54) is 5.56 Å². The Balaban J connectivity index is 1.52. The molecule has 0 spiro atoms. The van der Waals surface area contributed by atoms with Crippen LogP contribution in [-0.4, -0.2) is 35.8 Å². The van der Waals surface area contributed by atoms with E-state index in [-0.39, 0.29) is 12.5 Å². The predicted octanol–water partition coefficient (Wildman–Crippen LogP) is 3.00. The van der Waals surface area contributed by atoms with Gasteiger partial charge in [-0.25, -0.2) is 4.79 Å². The summed E-state index contributed by atoms with van der Waals surface area (Å²) in [6.45, 7) is 4.11. The highest BCUT2D eigenvalue weighted by molar-refractivity contribution is 6.10. The first kappa shape index (κ1) is 19.2. The van der Waals surface area contributed by atoms with Gasteiger partial charge in [-0.3, -0.25) is 14.5 Å². The molecule has 150 valence electrons. The number of fused-ring (bicyclic) bond motifs is 1. The van der Waals surface area contributed by atoms with Crippen molar-refractivity contribution in [3.63, 3.8) is 0 Å². The normalized spacial score (nSPS) is 20.8. The van der Waals surface area contributed by atoms with Crippen LogP contribution < -0.4 is 10.2 Å². The fraction of sp³-hybridized carbons (Fsp3) is 0.348. The molecule has 1 saturated heterocycles. The third-order valence-electron chi connectivity index (χ3n) is 5.83. The maximum atomic E-state index is 13.1. The highest BCUT2D eigenvalue weighted by atomic mass is 16.2. The van der Waals surface area contributed by atoms with E-state index in [0.717, 1.165) is 41.0 Å². The number of anilines is 1. The average molecular weight is 391 g/mol. The molecule has 1 atom stereocenters. The van der Waals surface area contributed by atoms with Crippen molar-refractivity contribution in [2.45, 2.75) is 38.6 Å². The summed E-state index contributed by atoms with van der Waals surface area (Å²) in [4.78, 5) is 41.2. The van der Waals surface area contributed by atoms with Gasteiger partial charge in [0.1, 0.15) is 12.1 Å². The number of hydrogen-bond donors (Lipinski definition) is 1. The minimum absolute atomic E-state index is 0.249. The van der Waals surface area contributed by atoms with E-state index < -0.39 is 17.5 Å². The van der Waals surface area contributed by atoms with Crippen LogP contribution in [0.2, 0.25) is 0 Å². The van der Waals surface area contributed by atoms with Gasteiger partial charge in [-0.15, -0.1) is 0 Å². The summed E-state index contributed by atoms with van der Waals surface area (Å²) in [5.41, 5.74) is 2.72. The molecule has 2 aliphatic rings. The summed E-state index contributed by atoms with van der Waals surface area (Å²) in [5.74, 6) is -0.646. The van der Waals surface area contributed by atoms with Gasteiger partial charge >= 0.3 is 6.03 Å². The first-order valence-corrected chi connectivity index (χ1v) is 10.1. The molecule has 4 amide bonds. The van der Waals surface area contributed by atoms with Crippen molar-refractivity contribution in [3.05, 3.63) is 65.2 Å². The van der Waals surface area contributed by atoms with Crippen LogP contribution in [0.1, 0.15) is 37.0 Å². The highest BCUT2D eigenvalue weighted by Gasteiger charge is 2.49. The third kappa shape index (κ3) is 3.28. The van der Waals surface area contributed by atoms with Crippen molar-refractivity contribution < 1.29 is 14.4 Å². The molecule has 0 aliphatic carbocycles. The molecule has 0 unspecified atom stereocenters. The molecule has 4 rings (SSSR count). The van der Waals surface area contributed by atoms with Crippen molar-refractivity contribution in [2.75, 3.05) is 18.0 Å². The molecule has 6 heteroatoms. The number of nitrogens with zero attached hydrogens (tertiary/aromatic N) is 2. The Morgan fingerprint density at radius 3 is 2.55 bits per heavy atom. The van der Waals surface area contributed by atoms with Gasteiger partial charge < -0.3 is 10.2 Å². The molecule has 0 aromatic heterocycles. The Kier molecular flexibility index (Phi) is 4.86. The Morgan fingerprint density at radius 2 is 1.83 bits per heavy atom. The Hall–Kier alpha value is -3.15. The zero-order valence-corrected chi connectivity index (χ0v) is 16.8. The number of carbonyl (C=O) groups excluding carboxylic acids is 3. The lowest BCUT2D eigenvalue weighted by atomic mass is 9.91. The molecule has 0 bridgehead atoms. The minimum atomic E-state index is -1.16. The second-order valence-electron chi connectivity index (χ2n) is 7.82. The van der Waals surface area contributed by atoms with E-state index >= 15 is 0 Å². The van der Waals surface area contributed by atoms with Crippen LogP contribution in [0.4, 0.5) is 10.5 Å². The lowest BCUT2D eigenvalue weighted by Crippen LogP contribution is -2.44. The summed E-state index contributed by atoms with van der Waals surface area (Å²) in [5, 5.41) is 2.78. The van der Waals surface area contributed by atoms with Gasteiger partial charge in [-0.1, -0.05) is 55.8 Å². The minimum Gasteiger partial charge on any atom is -0.319 e. The smallest absolute Gasteiger partial charge is 0.319 e. The summed E-state index contributed by atoms with van der Waals surface area (Å²) in [7, 11) is 0. The standard InChI is InChI=1S/C23H25N3O3/c1-3-6-16-9-11-18(12-10-16)23(2)21(28)26(22(29)24-23)15-20(27)25-14-13-17-7-4-5-8-19(17)25/h4-5,7-12H,3,6,13-15H2,1-2H3,(H,24,29)/t23-/m1/s1. The average Bonchev–Trinajstić information content (AvgIpc) is 3.24. The number of hydrogen-bond acceptors (Lipinski definition) is 3. The predicted molar refractivity (Wildman–Crippen MR) is 111 cm³/mol. The number of amides is 4. The number of imide groups is 1. The van der Waals surface area contributed by atoms with Crippen LogP contribution >= 0.6 is 0 Å². The number of nitrogens with one attached hydrogen (secondary N) is 1. The van der Waals surface area contributed by atoms with Gasteiger partial charge in [0, 0.05) is 12.2 Å². The van der Waals surface area contributed by atoms with E-state index in [2.05, 4.69) is 12.2 Å². The molecule has 2 aromatic carbocycles. The summed E-state index contributed by atoms with van der Waals surface area (Å²) in [6, 6.07) is 14.9. The highest BCUT2D eigenvalue weighted by Crippen LogP contribution is 2.31. The Morgan fingerprint density at radius 1 is 1.10 bits per heavy atom. The Labute approximate surface area is 170 Å². The molecule has 0 radical (unpaired) electrons. The molecule has 2 aromatic rings. The summed E-state index contributed by atoms with van der Waals surface area (Å²) >= 11 is 0. The van der Waals surface area contributed by atoms with Gasteiger partial charge in [0.15, 0.2) is 0 Å². The quantitative estimate of drug-likeness (QED) is 0.797. The zero-order chi connectivity index (χ0) is 20.6.